The number of aliphatic carboxylic acids is 1. The summed E-state index contributed by atoms with van der Waals surface area (Å²) < 4.78 is 12.6. The van der Waals surface area contributed by atoms with Gasteiger partial charge in [0, 0.05) is 0 Å². The molecule has 0 radical (unpaired) electrons. The van der Waals surface area contributed by atoms with E-state index in [1.54, 1.807) is 0 Å². The standard InChI is InChI=1S/C9H11FN2O2/c1-9(12-11,8(13)14)6-2-4-7(10)5-3-6/h2-5,12H,11H2,1H3,(H,13,14). The minimum Gasteiger partial charge on any atom is -0.480 e. The monoisotopic (exact) mass is 198 g/mol. The van der Waals surface area contributed by atoms with Crippen LogP contribution in [0.25, 0.3) is 0 Å². The third-order valence-corrected chi connectivity index (χ3v) is 2.14. The fourth-order valence-electron chi connectivity index (χ4n) is 1.05. The number of nitrogens with two attached hydrogens (primary N) is 1. The first-order valence-electron chi connectivity index (χ1n) is 3.98. The van der Waals surface area contributed by atoms with Crippen LogP contribution in [-0.4, -0.2) is 11.1 Å². The molecule has 0 amide bonds. The first kappa shape index (κ1) is 10.6. The van der Waals surface area contributed by atoms with Gasteiger partial charge >= 0.3 is 5.97 Å². The largest absolute Gasteiger partial charge is 0.480 e. The third kappa shape index (κ3) is 1.73. The van der Waals surface area contributed by atoms with Crippen molar-refractivity contribution in [1.82, 2.24) is 5.43 Å². The van der Waals surface area contributed by atoms with E-state index in [-0.39, 0.29) is 0 Å². The van der Waals surface area contributed by atoms with Crippen LogP contribution in [0.2, 0.25) is 0 Å². The Morgan fingerprint density at radius 1 is 1.50 bits per heavy atom. The van der Waals surface area contributed by atoms with Crippen molar-refractivity contribution in [3.05, 3.63) is 35.6 Å². The molecule has 4 nitrogen and oxygen atoms in total. The molecular formula is C9H11FN2O2. The lowest BCUT2D eigenvalue weighted by Crippen LogP contribution is -2.50. The van der Waals surface area contributed by atoms with Crippen molar-refractivity contribution in [2.24, 2.45) is 5.84 Å². The lowest BCUT2D eigenvalue weighted by atomic mass is 9.93. The van der Waals surface area contributed by atoms with Crippen LogP contribution in [0, 0.1) is 5.82 Å². The summed E-state index contributed by atoms with van der Waals surface area (Å²) in [6.45, 7) is 1.41. The molecule has 4 N–H and O–H groups in total. The maximum Gasteiger partial charge on any atom is 0.329 e. The van der Waals surface area contributed by atoms with E-state index in [2.05, 4.69) is 5.43 Å². The fourth-order valence-corrected chi connectivity index (χ4v) is 1.05. The first-order valence-corrected chi connectivity index (χ1v) is 3.98. The van der Waals surface area contributed by atoms with Gasteiger partial charge in [-0.25, -0.2) is 14.6 Å². The second-order valence-corrected chi connectivity index (χ2v) is 3.08. The zero-order valence-corrected chi connectivity index (χ0v) is 7.62. The highest BCUT2D eigenvalue weighted by molar-refractivity contribution is 5.80. The van der Waals surface area contributed by atoms with Crippen LogP contribution in [0.15, 0.2) is 24.3 Å². The van der Waals surface area contributed by atoms with Gasteiger partial charge in [-0.1, -0.05) is 12.1 Å². The summed E-state index contributed by atoms with van der Waals surface area (Å²) in [5.74, 6) is 3.62. The quantitative estimate of drug-likeness (QED) is 0.490. The first-order chi connectivity index (χ1) is 6.50. The molecule has 0 saturated heterocycles. The van der Waals surface area contributed by atoms with Crippen LogP contribution in [0.3, 0.4) is 0 Å². The molecule has 1 atom stereocenters. The second-order valence-electron chi connectivity index (χ2n) is 3.08. The summed E-state index contributed by atoms with van der Waals surface area (Å²) in [5, 5.41) is 8.92. The molecule has 0 aliphatic heterocycles. The highest BCUT2D eigenvalue weighted by atomic mass is 19.1. The molecule has 1 rings (SSSR count). The molecule has 0 bridgehead atoms. The van der Waals surface area contributed by atoms with Crippen molar-refractivity contribution in [2.75, 3.05) is 0 Å². The molecule has 0 spiro atoms. The Balaban J connectivity index is 3.13. The fraction of sp³-hybridized carbons (Fsp3) is 0.222. The number of halogens is 1. The van der Waals surface area contributed by atoms with Gasteiger partial charge in [-0.2, -0.15) is 0 Å². The van der Waals surface area contributed by atoms with E-state index in [0.29, 0.717) is 5.56 Å². The number of carboxylic acids is 1. The minimum atomic E-state index is -1.40. The number of carboxylic acid groups (broad SMARTS) is 1. The van der Waals surface area contributed by atoms with Gasteiger partial charge < -0.3 is 5.11 Å². The van der Waals surface area contributed by atoms with E-state index < -0.39 is 17.3 Å². The molecule has 76 valence electrons. The zero-order chi connectivity index (χ0) is 10.8. The van der Waals surface area contributed by atoms with Gasteiger partial charge in [0.05, 0.1) is 0 Å². The third-order valence-electron chi connectivity index (χ3n) is 2.14. The van der Waals surface area contributed by atoms with Crippen LogP contribution in [0.4, 0.5) is 4.39 Å². The Labute approximate surface area is 80.5 Å². The van der Waals surface area contributed by atoms with Crippen LogP contribution in [0.5, 0.6) is 0 Å². The summed E-state index contributed by atoms with van der Waals surface area (Å²) in [6, 6.07) is 5.13. The van der Waals surface area contributed by atoms with Crippen molar-refractivity contribution >= 4 is 5.97 Å². The summed E-state index contributed by atoms with van der Waals surface area (Å²) in [7, 11) is 0. The minimum absolute atomic E-state index is 0.397. The van der Waals surface area contributed by atoms with E-state index in [1.807, 2.05) is 0 Å². The Hall–Kier alpha value is -1.46. The van der Waals surface area contributed by atoms with E-state index in [9.17, 15) is 9.18 Å². The molecule has 0 saturated carbocycles. The molecule has 1 unspecified atom stereocenters. The maximum atomic E-state index is 12.6. The number of hydrazine groups is 1. The van der Waals surface area contributed by atoms with Gasteiger partial charge in [0.25, 0.3) is 0 Å². The maximum absolute atomic E-state index is 12.6. The average molecular weight is 198 g/mol. The van der Waals surface area contributed by atoms with E-state index in [1.165, 1.54) is 31.2 Å². The second kappa shape index (κ2) is 3.73. The van der Waals surface area contributed by atoms with Crippen molar-refractivity contribution in [1.29, 1.82) is 0 Å². The smallest absolute Gasteiger partial charge is 0.329 e. The van der Waals surface area contributed by atoms with Gasteiger partial charge in [0.15, 0.2) is 5.54 Å². The molecule has 0 heterocycles. The van der Waals surface area contributed by atoms with Crippen LogP contribution in [0.1, 0.15) is 12.5 Å². The molecule has 5 heteroatoms. The summed E-state index contributed by atoms with van der Waals surface area (Å²) in [5.41, 5.74) is 1.19. The van der Waals surface area contributed by atoms with Gasteiger partial charge in [0.2, 0.25) is 0 Å². The van der Waals surface area contributed by atoms with Crippen molar-refractivity contribution in [3.63, 3.8) is 0 Å². The van der Waals surface area contributed by atoms with Crippen LogP contribution < -0.4 is 11.3 Å². The molecular weight excluding hydrogens is 187 g/mol. The summed E-state index contributed by atoms with van der Waals surface area (Å²) >= 11 is 0. The molecule has 14 heavy (non-hydrogen) atoms. The van der Waals surface area contributed by atoms with Gasteiger partial charge in [-0.3, -0.25) is 5.84 Å². The van der Waals surface area contributed by atoms with Gasteiger partial charge in [0.1, 0.15) is 5.82 Å². The Kier molecular flexibility index (Phi) is 2.83. The normalized spacial score (nSPS) is 14.8. The number of hydrogen-bond acceptors (Lipinski definition) is 3. The summed E-state index contributed by atoms with van der Waals surface area (Å²) in [6.07, 6.45) is 0. The molecule has 1 aromatic rings. The number of carbonyl (C=O) groups is 1. The number of hydrogen-bond donors (Lipinski definition) is 3. The predicted molar refractivity (Wildman–Crippen MR) is 48.7 cm³/mol. The van der Waals surface area contributed by atoms with E-state index in [0.717, 1.165) is 0 Å². The Morgan fingerprint density at radius 2 is 2.00 bits per heavy atom. The van der Waals surface area contributed by atoms with Crippen LogP contribution >= 0.6 is 0 Å². The highest BCUT2D eigenvalue weighted by Crippen LogP contribution is 2.20. The SMILES string of the molecule is CC(NN)(C(=O)O)c1ccc(F)cc1. The molecule has 0 fully saturated rings. The van der Waals surface area contributed by atoms with E-state index in [4.69, 9.17) is 10.9 Å². The van der Waals surface area contributed by atoms with Crippen molar-refractivity contribution < 1.29 is 14.3 Å². The lowest BCUT2D eigenvalue weighted by molar-refractivity contribution is -0.144. The average Bonchev–Trinajstić information content (AvgIpc) is 2.17. The topological polar surface area (TPSA) is 75.3 Å². The molecule has 0 aromatic heterocycles. The molecule has 0 aliphatic rings. The number of rotatable bonds is 3. The van der Waals surface area contributed by atoms with Gasteiger partial charge in [-0.05, 0) is 24.6 Å². The van der Waals surface area contributed by atoms with E-state index >= 15 is 0 Å². The predicted octanol–water partition coefficient (Wildman–Crippen LogP) is 0.589. The highest BCUT2D eigenvalue weighted by Gasteiger charge is 2.33. The lowest BCUT2D eigenvalue weighted by Gasteiger charge is -2.23. The van der Waals surface area contributed by atoms with Gasteiger partial charge in [-0.15, -0.1) is 0 Å². The van der Waals surface area contributed by atoms with Crippen LogP contribution in [-0.2, 0) is 10.3 Å². The number of benzene rings is 1. The van der Waals surface area contributed by atoms with Crippen molar-refractivity contribution in [2.45, 2.75) is 12.5 Å². The molecule has 0 aliphatic carbocycles. The summed E-state index contributed by atoms with van der Waals surface area (Å²) in [4.78, 5) is 10.9. The Morgan fingerprint density at radius 3 is 2.36 bits per heavy atom. The zero-order valence-electron chi connectivity index (χ0n) is 7.62. The van der Waals surface area contributed by atoms with Crippen molar-refractivity contribution in [3.8, 4) is 0 Å². The number of nitrogens with one attached hydrogen (secondary N) is 1. The molecule has 1 aromatic carbocycles. The Bertz CT molecular complexity index is 339.